The van der Waals surface area contributed by atoms with E-state index in [4.69, 9.17) is 0 Å². The van der Waals surface area contributed by atoms with Crippen LogP contribution in [-0.2, 0) is 0 Å². The molecule has 0 aromatic carbocycles. The molecule has 60 valence electrons. The zero-order valence-corrected chi connectivity index (χ0v) is 7.20. The Kier molecular flexibility index (Phi) is 2.63. The van der Waals surface area contributed by atoms with Crippen molar-refractivity contribution in [1.82, 2.24) is 4.90 Å². The molecule has 1 heterocycles. The van der Waals surface area contributed by atoms with Gasteiger partial charge in [0.05, 0.1) is 12.0 Å². The zero-order chi connectivity index (χ0) is 7.61. The molecule has 0 saturated carbocycles. The van der Waals surface area contributed by atoms with Crippen LogP contribution in [0.3, 0.4) is 0 Å². The van der Waals surface area contributed by atoms with Gasteiger partial charge < -0.3 is 0 Å². The maximum absolute atomic E-state index is 12.6. The highest BCUT2D eigenvalue weighted by Gasteiger charge is 2.34. The van der Waals surface area contributed by atoms with Crippen LogP contribution < -0.4 is 0 Å². The Morgan fingerprint density at radius 2 is 2.20 bits per heavy atom. The maximum Gasteiger partial charge on any atom is 0.260 e. The van der Waals surface area contributed by atoms with E-state index in [1.54, 1.807) is 4.90 Å². The van der Waals surface area contributed by atoms with Gasteiger partial charge in [-0.25, -0.2) is 8.78 Å². The van der Waals surface area contributed by atoms with Crippen molar-refractivity contribution < 1.29 is 8.78 Å². The Morgan fingerprint density at radius 1 is 1.50 bits per heavy atom. The van der Waals surface area contributed by atoms with Gasteiger partial charge in [-0.1, -0.05) is 15.9 Å². The highest BCUT2D eigenvalue weighted by Crippen LogP contribution is 2.26. The molecule has 0 spiro atoms. The standard InChI is InChI=1S/C6H10BrF2N/c7-5-10-3-1-2-6(8,9)4-10/h1-5H2. The first-order valence-electron chi connectivity index (χ1n) is 3.30. The SMILES string of the molecule is FC1(F)CCCN(CBr)C1. The summed E-state index contributed by atoms with van der Waals surface area (Å²) in [7, 11) is 0. The average molecular weight is 214 g/mol. The molecule has 0 atom stereocenters. The summed E-state index contributed by atoms with van der Waals surface area (Å²) in [5, 5.41) is 0. The molecule has 1 fully saturated rings. The van der Waals surface area contributed by atoms with Gasteiger partial charge in [-0.15, -0.1) is 0 Å². The van der Waals surface area contributed by atoms with Gasteiger partial charge in [0.1, 0.15) is 0 Å². The lowest BCUT2D eigenvalue weighted by molar-refractivity contribution is -0.0584. The number of halogens is 3. The molecule has 0 unspecified atom stereocenters. The van der Waals surface area contributed by atoms with Crippen molar-refractivity contribution in [3.63, 3.8) is 0 Å². The minimum Gasteiger partial charge on any atom is -0.288 e. The summed E-state index contributed by atoms with van der Waals surface area (Å²) in [5.41, 5.74) is 0.558. The van der Waals surface area contributed by atoms with Crippen molar-refractivity contribution in [3.05, 3.63) is 0 Å². The molecule has 1 aliphatic rings. The second kappa shape index (κ2) is 3.13. The molecule has 10 heavy (non-hydrogen) atoms. The van der Waals surface area contributed by atoms with Crippen molar-refractivity contribution in [2.75, 3.05) is 18.5 Å². The second-order valence-electron chi connectivity index (χ2n) is 2.63. The molecule has 0 aromatic heterocycles. The van der Waals surface area contributed by atoms with Crippen molar-refractivity contribution >= 4 is 15.9 Å². The van der Waals surface area contributed by atoms with Crippen LogP contribution >= 0.6 is 15.9 Å². The molecule has 0 amide bonds. The van der Waals surface area contributed by atoms with Crippen LogP contribution in [0.25, 0.3) is 0 Å². The molecular formula is C6H10BrF2N. The van der Waals surface area contributed by atoms with Crippen molar-refractivity contribution in [2.24, 2.45) is 0 Å². The number of hydrogen-bond acceptors (Lipinski definition) is 1. The Morgan fingerprint density at radius 3 is 2.60 bits per heavy atom. The normalized spacial score (nSPS) is 26.7. The number of piperidine rings is 1. The van der Waals surface area contributed by atoms with Crippen LogP contribution in [0.2, 0.25) is 0 Å². The largest absolute Gasteiger partial charge is 0.288 e. The third-order valence-corrected chi connectivity index (χ3v) is 2.35. The number of alkyl halides is 3. The van der Waals surface area contributed by atoms with E-state index in [1.165, 1.54) is 0 Å². The minimum atomic E-state index is -2.45. The van der Waals surface area contributed by atoms with Gasteiger partial charge in [-0.2, -0.15) is 0 Å². The first-order valence-corrected chi connectivity index (χ1v) is 4.42. The van der Waals surface area contributed by atoms with Gasteiger partial charge in [0.15, 0.2) is 0 Å². The van der Waals surface area contributed by atoms with Crippen molar-refractivity contribution in [3.8, 4) is 0 Å². The number of rotatable bonds is 1. The summed E-state index contributed by atoms with van der Waals surface area (Å²) >= 11 is 3.16. The molecule has 0 radical (unpaired) electrons. The van der Waals surface area contributed by atoms with Gasteiger partial charge in [-0.05, 0) is 13.0 Å². The van der Waals surface area contributed by atoms with E-state index in [0.29, 0.717) is 11.9 Å². The third-order valence-electron chi connectivity index (χ3n) is 1.64. The summed E-state index contributed by atoms with van der Waals surface area (Å²) in [6.07, 6.45) is 0.662. The Bertz CT molecular complexity index is 118. The fraction of sp³-hybridized carbons (Fsp3) is 1.00. The van der Waals surface area contributed by atoms with Gasteiger partial charge in [0.2, 0.25) is 0 Å². The molecule has 0 N–H and O–H groups in total. The average Bonchev–Trinajstić information content (AvgIpc) is 1.86. The maximum atomic E-state index is 12.6. The predicted octanol–water partition coefficient (Wildman–Crippen LogP) is 2.07. The van der Waals surface area contributed by atoms with Crippen LogP contribution in [0.15, 0.2) is 0 Å². The molecule has 0 aliphatic carbocycles. The van der Waals surface area contributed by atoms with E-state index in [1.807, 2.05) is 0 Å². The number of nitrogens with zero attached hydrogens (tertiary/aromatic N) is 1. The topological polar surface area (TPSA) is 3.24 Å². The molecule has 1 saturated heterocycles. The van der Waals surface area contributed by atoms with E-state index in [-0.39, 0.29) is 13.0 Å². The smallest absolute Gasteiger partial charge is 0.260 e. The Labute approximate surface area is 67.5 Å². The quantitative estimate of drug-likeness (QED) is 0.477. The lowest BCUT2D eigenvalue weighted by Crippen LogP contribution is -2.41. The molecule has 1 rings (SSSR count). The number of hydrogen-bond donors (Lipinski definition) is 0. The highest BCUT2D eigenvalue weighted by atomic mass is 79.9. The molecule has 0 bridgehead atoms. The summed E-state index contributed by atoms with van der Waals surface area (Å²) in [6, 6.07) is 0. The van der Waals surface area contributed by atoms with Crippen LogP contribution in [0, 0.1) is 0 Å². The van der Waals surface area contributed by atoms with Crippen LogP contribution in [0.5, 0.6) is 0 Å². The highest BCUT2D eigenvalue weighted by molar-refractivity contribution is 9.09. The first kappa shape index (κ1) is 8.40. The first-order chi connectivity index (χ1) is 4.64. The second-order valence-corrected chi connectivity index (χ2v) is 3.13. The van der Waals surface area contributed by atoms with Crippen LogP contribution in [0.1, 0.15) is 12.8 Å². The molecule has 4 heteroatoms. The fourth-order valence-corrected chi connectivity index (χ4v) is 1.58. The van der Waals surface area contributed by atoms with Gasteiger partial charge in [0.25, 0.3) is 5.92 Å². The van der Waals surface area contributed by atoms with Gasteiger partial charge in [0, 0.05) is 6.42 Å². The van der Waals surface area contributed by atoms with Gasteiger partial charge in [-0.3, -0.25) is 4.90 Å². The van der Waals surface area contributed by atoms with Crippen molar-refractivity contribution in [1.29, 1.82) is 0 Å². The summed E-state index contributed by atoms with van der Waals surface area (Å²) in [6.45, 7) is 0.707. The van der Waals surface area contributed by atoms with E-state index in [2.05, 4.69) is 15.9 Å². The Balaban J connectivity index is 2.40. The zero-order valence-electron chi connectivity index (χ0n) is 5.62. The predicted molar refractivity (Wildman–Crippen MR) is 39.5 cm³/mol. The van der Waals surface area contributed by atoms with Crippen LogP contribution in [0.4, 0.5) is 8.78 Å². The summed E-state index contributed by atoms with van der Waals surface area (Å²) < 4.78 is 25.2. The van der Waals surface area contributed by atoms with E-state index in [9.17, 15) is 8.78 Å². The van der Waals surface area contributed by atoms with Crippen molar-refractivity contribution in [2.45, 2.75) is 18.8 Å². The van der Waals surface area contributed by atoms with E-state index in [0.717, 1.165) is 6.54 Å². The Hall–Kier alpha value is 0.300. The minimum absolute atomic E-state index is 0.0521. The lowest BCUT2D eigenvalue weighted by Gasteiger charge is -2.30. The molecule has 1 aliphatic heterocycles. The lowest BCUT2D eigenvalue weighted by atomic mass is 10.1. The van der Waals surface area contributed by atoms with Crippen LogP contribution in [-0.4, -0.2) is 29.4 Å². The fourth-order valence-electron chi connectivity index (χ4n) is 1.15. The summed E-state index contributed by atoms with van der Waals surface area (Å²) in [4.78, 5) is 1.71. The molecule has 0 aromatic rings. The van der Waals surface area contributed by atoms with E-state index >= 15 is 0 Å². The molecular weight excluding hydrogens is 204 g/mol. The van der Waals surface area contributed by atoms with Gasteiger partial charge >= 0.3 is 0 Å². The van der Waals surface area contributed by atoms with E-state index < -0.39 is 5.92 Å². The number of likely N-dealkylation sites (tertiary alicyclic amines) is 1. The third kappa shape index (κ3) is 2.16. The molecule has 1 nitrogen and oxygen atoms in total. The monoisotopic (exact) mass is 213 g/mol. The summed E-state index contributed by atoms with van der Waals surface area (Å²) in [5.74, 6) is -2.45.